The molecule has 3 nitrogen and oxygen atoms in total. The molecule has 0 radical (unpaired) electrons. The number of aliphatic hydroxyl groups is 1. The highest BCUT2D eigenvalue weighted by molar-refractivity contribution is 5.69. The number of unbranched alkanes of at least 4 members (excludes halogenated alkanes) is 4. The highest BCUT2D eigenvalue weighted by Gasteiger charge is 2.31. The second-order valence-corrected chi connectivity index (χ2v) is 5.98. The predicted octanol–water partition coefficient (Wildman–Crippen LogP) is 4.23. The molecule has 0 saturated heterocycles. The summed E-state index contributed by atoms with van der Waals surface area (Å²) in [4.78, 5) is 11.9. The number of esters is 1. The molecule has 0 aromatic heterocycles. The van der Waals surface area contributed by atoms with Gasteiger partial charge in [-0.3, -0.25) is 4.79 Å². The van der Waals surface area contributed by atoms with Gasteiger partial charge >= 0.3 is 5.97 Å². The van der Waals surface area contributed by atoms with Crippen molar-refractivity contribution in [1.29, 1.82) is 0 Å². The zero-order chi connectivity index (χ0) is 16.3. The van der Waals surface area contributed by atoms with Gasteiger partial charge in [-0.1, -0.05) is 69.9 Å². The molecule has 1 atom stereocenters. The van der Waals surface area contributed by atoms with Crippen LogP contribution in [0.2, 0.25) is 0 Å². The van der Waals surface area contributed by atoms with Crippen LogP contribution in [0.5, 0.6) is 0 Å². The second kappa shape index (κ2) is 10.4. The second-order valence-electron chi connectivity index (χ2n) is 5.98. The van der Waals surface area contributed by atoms with Crippen LogP contribution in [-0.2, 0) is 14.9 Å². The molecule has 1 N–H and O–H groups in total. The number of carbonyl (C=O) groups is 1. The van der Waals surface area contributed by atoms with Gasteiger partial charge in [0.05, 0.1) is 12.0 Å². The lowest BCUT2D eigenvalue weighted by atomic mass is 9.79. The molecule has 0 fully saturated rings. The van der Waals surface area contributed by atoms with E-state index in [2.05, 4.69) is 6.92 Å². The summed E-state index contributed by atoms with van der Waals surface area (Å²) in [6.45, 7) is 4.42. The largest absolute Gasteiger partial charge is 0.465 e. The third-order valence-corrected chi connectivity index (χ3v) is 4.36. The Bertz CT molecular complexity index is 410. The van der Waals surface area contributed by atoms with Gasteiger partial charge in [-0.25, -0.2) is 0 Å². The molecular weight excluding hydrogens is 276 g/mol. The van der Waals surface area contributed by atoms with Gasteiger partial charge in [0.25, 0.3) is 0 Å². The maximum atomic E-state index is 11.9. The van der Waals surface area contributed by atoms with Crippen molar-refractivity contribution in [3.05, 3.63) is 35.9 Å². The first-order chi connectivity index (χ1) is 10.7. The Morgan fingerprint density at radius 2 is 1.77 bits per heavy atom. The molecule has 22 heavy (non-hydrogen) atoms. The molecule has 0 aliphatic heterocycles. The van der Waals surface area contributed by atoms with Crippen LogP contribution in [0.3, 0.4) is 0 Å². The van der Waals surface area contributed by atoms with E-state index in [0.717, 1.165) is 24.8 Å². The van der Waals surface area contributed by atoms with Crippen molar-refractivity contribution in [1.82, 2.24) is 0 Å². The Labute approximate surface area is 134 Å². The van der Waals surface area contributed by atoms with E-state index in [1.807, 2.05) is 37.3 Å². The molecular formula is C19H30O3. The van der Waals surface area contributed by atoms with Crippen molar-refractivity contribution < 1.29 is 14.6 Å². The maximum absolute atomic E-state index is 11.9. The van der Waals surface area contributed by atoms with Gasteiger partial charge in [-0.15, -0.1) is 0 Å². The molecule has 0 spiro atoms. The van der Waals surface area contributed by atoms with E-state index in [1.54, 1.807) is 0 Å². The zero-order valence-electron chi connectivity index (χ0n) is 14.0. The predicted molar refractivity (Wildman–Crippen MR) is 89.8 cm³/mol. The van der Waals surface area contributed by atoms with E-state index < -0.39 is 5.41 Å². The highest BCUT2D eigenvalue weighted by atomic mass is 16.5. The molecule has 0 aliphatic rings. The van der Waals surface area contributed by atoms with E-state index in [4.69, 9.17) is 4.74 Å². The van der Waals surface area contributed by atoms with Gasteiger partial charge in [-0.05, 0) is 18.4 Å². The zero-order valence-corrected chi connectivity index (χ0v) is 14.0. The summed E-state index contributed by atoms with van der Waals surface area (Å²) in [5.74, 6) is -0.154. The van der Waals surface area contributed by atoms with Gasteiger partial charge in [0.1, 0.15) is 6.61 Å². The third kappa shape index (κ3) is 5.80. The molecule has 1 rings (SSSR count). The van der Waals surface area contributed by atoms with Crippen molar-refractivity contribution in [2.75, 3.05) is 13.2 Å². The minimum atomic E-state index is -0.487. The average Bonchev–Trinajstić information content (AvgIpc) is 2.57. The standard InChI is InChI=1S/C19H30O3/c1-3-5-6-7-11-14-18(21)22-16-19(4-2,15-20)17-12-9-8-10-13-17/h8-10,12-13,20H,3-7,11,14-16H2,1-2H3/t19-/m0/s1. The van der Waals surface area contributed by atoms with Gasteiger partial charge in [0, 0.05) is 6.42 Å². The minimum Gasteiger partial charge on any atom is -0.465 e. The Kier molecular flexibility index (Phi) is 8.83. The summed E-state index contributed by atoms with van der Waals surface area (Å²) < 4.78 is 5.45. The molecule has 0 saturated carbocycles. The molecule has 0 heterocycles. The van der Waals surface area contributed by atoms with Gasteiger partial charge in [-0.2, -0.15) is 0 Å². The third-order valence-electron chi connectivity index (χ3n) is 4.36. The summed E-state index contributed by atoms with van der Waals surface area (Å²) in [5.41, 5.74) is 0.537. The molecule has 3 heteroatoms. The van der Waals surface area contributed by atoms with Crippen LogP contribution in [0, 0.1) is 0 Å². The van der Waals surface area contributed by atoms with Crippen LogP contribution in [0.1, 0.15) is 64.4 Å². The van der Waals surface area contributed by atoms with Crippen molar-refractivity contribution in [3.8, 4) is 0 Å². The highest BCUT2D eigenvalue weighted by Crippen LogP contribution is 2.28. The van der Waals surface area contributed by atoms with Gasteiger partial charge < -0.3 is 9.84 Å². The minimum absolute atomic E-state index is 0.0166. The first-order valence-corrected chi connectivity index (χ1v) is 8.50. The summed E-state index contributed by atoms with van der Waals surface area (Å²) in [5, 5.41) is 9.82. The lowest BCUT2D eigenvalue weighted by Gasteiger charge is -2.30. The molecule has 124 valence electrons. The summed E-state index contributed by atoms with van der Waals surface area (Å²) in [6.07, 6.45) is 6.80. The van der Waals surface area contributed by atoms with E-state index >= 15 is 0 Å². The monoisotopic (exact) mass is 306 g/mol. The smallest absolute Gasteiger partial charge is 0.305 e. The fourth-order valence-electron chi connectivity index (χ4n) is 2.59. The lowest BCUT2D eigenvalue weighted by molar-refractivity contribution is -0.146. The van der Waals surface area contributed by atoms with E-state index in [-0.39, 0.29) is 19.2 Å². The maximum Gasteiger partial charge on any atom is 0.305 e. The number of rotatable bonds is 11. The first kappa shape index (κ1) is 18.7. The van der Waals surface area contributed by atoms with E-state index in [9.17, 15) is 9.90 Å². The molecule has 0 unspecified atom stereocenters. The molecule has 0 bridgehead atoms. The Hall–Kier alpha value is -1.35. The number of hydrogen-bond donors (Lipinski definition) is 1. The van der Waals surface area contributed by atoms with Gasteiger partial charge in [0.15, 0.2) is 0 Å². The van der Waals surface area contributed by atoms with Crippen LogP contribution in [0.25, 0.3) is 0 Å². The molecule has 1 aromatic rings. The molecule has 0 amide bonds. The Morgan fingerprint density at radius 1 is 1.09 bits per heavy atom. The fraction of sp³-hybridized carbons (Fsp3) is 0.632. The van der Waals surface area contributed by atoms with Crippen molar-refractivity contribution >= 4 is 5.97 Å². The molecule has 0 aliphatic carbocycles. The Balaban J connectivity index is 2.46. The molecule has 1 aromatic carbocycles. The lowest BCUT2D eigenvalue weighted by Crippen LogP contribution is -2.36. The fourth-order valence-corrected chi connectivity index (χ4v) is 2.59. The quantitative estimate of drug-likeness (QED) is 0.491. The van der Waals surface area contributed by atoms with Crippen LogP contribution in [0.15, 0.2) is 30.3 Å². The van der Waals surface area contributed by atoms with Crippen molar-refractivity contribution in [2.24, 2.45) is 0 Å². The Morgan fingerprint density at radius 3 is 2.36 bits per heavy atom. The van der Waals surface area contributed by atoms with Crippen LogP contribution < -0.4 is 0 Å². The summed E-state index contributed by atoms with van der Waals surface area (Å²) in [6, 6.07) is 9.82. The van der Waals surface area contributed by atoms with E-state index in [1.165, 1.54) is 19.3 Å². The normalized spacial score (nSPS) is 13.6. The summed E-state index contributed by atoms with van der Waals surface area (Å²) in [7, 11) is 0. The average molecular weight is 306 g/mol. The van der Waals surface area contributed by atoms with Crippen molar-refractivity contribution in [2.45, 2.75) is 64.2 Å². The van der Waals surface area contributed by atoms with Gasteiger partial charge in [0.2, 0.25) is 0 Å². The number of hydrogen-bond acceptors (Lipinski definition) is 3. The van der Waals surface area contributed by atoms with Crippen molar-refractivity contribution in [3.63, 3.8) is 0 Å². The number of carbonyl (C=O) groups excluding carboxylic acids is 1. The van der Waals surface area contributed by atoms with E-state index in [0.29, 0.717) is 6.42 Å². The van der Waals surface area contributed by atoms with Crippen LogP contribution >= 0.6 is 0 Å². The van der Waals surface area contributed by atoms with Crippen LogP contribution in [0.4, 0.5) is 0 Å². The number of benzene rings is 1. The number of ether oxygens (including phenoxy) is 1. The SMILES string of the molecule is CCCCCCCC(=O)OC[C@](CC)(CO)c1ccccc1. The topological polar surface area (TPSA) is 46.5 Å². The van der Waals surface area contributed by atoms with Crippen LogP contribution in [-0.4, -0.2) is 24.3 Å². The first-order valence-electron chi connectivity index (χ1n) is 8.50. The summed E-state index contributed by atoms with van der Waals surface area (Å²) >= 11 is 0. The number of aliphatic hydroxyl groups excluding tert-OH is 1.